The minimum atomic E-state index is 0.669. The summed E-state index contributed by atoms with van der Waals surface area (Å²) in [6, 6.07) is 11.3. The van der Waals surface area contributed by atoms with Crippen LogP contribution in [0.25, 0.3) is 11.3 Å². The molecule has 1 heterocycles. The Hall–Kier alpha value is -1.54. The van der Waals surface area contributed by atoms with E-state index in [-0.39, 0.29) is 0 Å². The van der Waals surface area contributed by atoms with Crippen LogP contribution in [0.4, 0.5) is 5.69 Å². The zero-order valence-corrected chi connectivity index (χ0v) is 8.20. The van der Waals surface area contributed by atoms with Gasteiger partial charge in [0.1, 0.15) is 0 Å². The van der Waals surface area contributed by atoms with Crippen LogP contribution >= 0.6 is 11.6 Å². The van der Waals surface area contributed by atoms with Gasteiger partial charge in [-0.25, -0.2) is 0 Å². The number of nitrogens with zero attached hydrogens (tertiary/aromatic N) is 1. The van der Waals surface area contributed by atoms with Crippen molar-refractivity contribution in [1.29, 1.82) is 0 Å². The van der Waals surface area contributed by atoms with Crippen molar-refractivity contribution in [1.82, 2.24) is 4.98 Å². The van der Waals surface area contributed by atoms with Crippen LogP contribution in [0.5, 0.6) is 0 Å². The van der Waals surface area contributed by atoms with Crippen LogP contribution in [0, 0.1) is 0 Å². The van der Waals surface area contributed by atoms with Gasteiger partial charge in [-0.2, -0.15) is 0 Å². The third-order valence-corrected chi connectivity index (χ3v) is 2.18. The van der Waals surface area contributed by atoms with E-state index in [9.17, 15) is 0 Å². The van der Waals surface area contributed by atoms with Crippen molar-refractivity contribution in [2.24, 2.45) is 0 Å². The van der Waals surface area contributed by atoms with Gasteiger partial charge in [-0.3, -0.25) is 4.98 Å². The number of anilines is 1. The number of nitrogens with two attached hydrogens (primary N) is 1. The molecule has 0 unspecified atom stereocenters. The summed E-state index contributed by atoms with van der Waals surface area (Å²) in [5.41, 5.74) is 8.15. The predicted octanol–water partition coefficient (Wildman–Crippen LogP) is 2.98. The lowest BCUT2D eigenvalue weighted by Gasteiger charge is -2.00. The summed E-state index contributed by atoms with van der Waals surface area (Å²) in [5, 5.41) is 0.726. The molecule has 0 radical (unpaired) electrons. The van der Waals surface area contributed by atoms with Gasteiger partial charge in [0.25, 0.3) is 0 Å². The number of hydrogen-bond acceptors (Lipinski definition) is 2. The number of benzene rings is 1. The molecule has 0 aliphatic heterocycles. The fourth-order valence-corrected chi connectivity index (χ4v) is 1.32. The average Bonchev–Trinajstić information content (AvgIpc) is 2.21. The molecule has 0 aliphatic rings. The molecule has 0 bridgehead atoms. The van der Waals surface area contributed by atoms with E-state index in [0.29, 0.717) is 5.69 Å². The molecule has 2 rings (SSSR count). The molecule has 2 nitrogen and oxygen atoms in total. The minimum Gasteiger partial charge on any atom is -0.397 e. The average molecular weight is 205 g/mol. The summed E-state index contributed by atoms with van der Waals surface area (Å²) in [6.45, 7) is 0. The number of aromatic nitrogens is 1. The minimum absolute atomic E-state index is 0.669. The van der Waals surface area contributed by atoms with Crippen LogP contribution in [0.1, 0.15) is 0 Å². The van der Waals surface area contributed by atoms with Crippen molar-refractivity contribution in [3.05, 3.63) is 47.6 Å². The Morgan fingerprint density at radius 1 is 1.00 bits per heavy atom. The molecule has 0 saturated heterocycles. The number of pyridine rings is 1. The molecule has 3 heteroatoms. The van der Waals surface area contributed by atoms with E-state index >= 15 is 0 Å². The third-order valence-electron chi connectivity index (χ3n) is 1.93. The highest BCUT2D eigenvalue weighted by molar-refractivity contribution is 6.30. The molecule has 0 spiro atoms. The number of hydrogen-bond donors (Lipinski definition) is 1. The molecule has 2 aromatic rings. The van der Waals surface area contributed by atoms with Gasteiger partial charge in [0.15, 0.2) is 0 Å². The highest BCUT2D eigenvalue weighted by atomic mass is 35.5. The van der Waals surface area contributed by atoms with E-state index in [1.807, 2.05) is 36.4 Å². The maximum absolute atomic E-state index is 5.78. The molecule has 0 atom stereocenters. The topological polar surface area (TPSA) is 38.9 Å². The van der Waals surface area contributed by atoms with Gasteiger partial charge in [-0.05, 0) is 24.3 Å². The standard InChI is InChI=1S/C11H9ClN2/c12-9-3-1-8(2-4-9)11-6-5-10(13)7-14-11/h1-7H,13H2. The first-order chi connectivity index (χ1) is 6.75. The van der Waals surface area contributed by atoms with Gasteiger partial charge in [-0.15, -0.1) is 0 Å². The molecule has 0 aliphatic carbocycles. The van der Waals surface area contributed by atoms with Gasteiger partial charge in [-0.1, -0.05) is 23.7 Å². The molecule has 0 amide bonds. The van der Waals surface area contributed by atoms with E-state index in [4.69, 9.17) is 17.3 Å². The van der Waals surface area contributed by atoms with Crippen molar-refractivity contribution in [3.8, 4) is 11.3 Å². The van der Waals surface area contributed by atoms with E-state index < -0.39 is 0 Å². The highest BCUT2D eigenvalue weighted by Crippen LogP contribution is 2.19. The van der Waals surface area contributed by atoms with Crippen molar-refractivity contribution in [2.45, 2.75) is 0 Å². The fraction of sp³-hybridized carbons (Fsp3) is 0. The van der Waals surface area contributed by atoms with Crippen molar-refractivity contribution >= 4 is 17.3 Å². The summed E-state index contributed by atoms with van der Waals surface area (Å²) >= 11 is 5.78. The van der Waals surface area contributed by atoms with E-state index in [1.54, 1.807) is 6.20 Å². The quantitative estimate of drug-likeness (QED) is 0.776. The van der Waals surface area contributed by atoms with Crippen molar-refractivity contribution in [3.63, 3.8) is 0 Å². The van der Waals surface area contributed by atoms with Crippen LogP contribution in [-0.4, -0.2) is 4.98 Å². The second-order valence-electron chi connectivity index (χ2n) is 2.98. The van der Waals surface area contributed by atoms with Crippen LogP contribution in [0.15, 0.2) is 42.6 Å². The first-order valence-corrected chi connectivity index (χ1v) is 4.61. The Balaban J connectivity index is 2.40. The molecular formula is C11H9ClN2. The summed E-state index contributed by atoms with van der Waals surface area (Å²) in [7, 11) is 0. The summed E-state index contributed by atoms with van der Waals surface area (Å²) < 4.78 is 0. The van der Waals surface area contributed by atoms with Gasteiger partial charge >= 0.3 is 0 Å². The Labute approximate surface area is 87.4 Å². The Bertz CT molecular complexity index is 377. The van der Waals surface area contributed by atoms with Crippen LogP contribution in [0.2, 0.25) is 5.02 Å². The molecule has 1 aromatic heterocycles. The first kappa shape index (κ1) is 9.03. The second-order valence-corrected chi connectivity index (χ2v) is 3.42. The Kier molecular flexibility index (Phi) is 2.37. The van der Waals surface area contributed by atoms with Crippen molar-refractivity contribution in [2.75, 3.05) is 5.73 Å². The maximum atomic E-state index is 5.78. The SMILES string of the molecule is Nc1ccc(-c2ccc(Cl)cc2)nc1. The van der Waals surface area contributed by atoms with Crippen LogP contribution in [-0.2, 0) is 0 Å². The smallest absolute Gasteiger partial charge is 0.0703 e. The molecule has 0 fully saturated rings. The largest absolute Gasteiger partial charge is 0.397 e. The number of nitrogen functional groups attached to an aromatic ring is 1. The third kappa shape index (κ3) is 1.86. The zero-order chi connectivity index (χ0) is 9.97. The number of rotatable bonds is 1. The Morgan fingerprint density at radius 3 is 2.29 bits per heavy atom. The lowest BCUT2D eigenvalue weighted by Crippen LogP contribution is -1.87. The van der Waals surface area contributed by atoms with Gasteiger partial charge < -0.3 is 5.73 Å². The lowest BCUT2D eigenvalue weighted by molar-refractivity contribution is 1.33. The monoisotopic (exact) mass is 204 g/mol. The molecule has 70 valence electrons. The van der Waals surface area contributed by atoms with Crippen LogP contribution in [0.3, 0.4) is 0 Å². The summed E-state index contributed by atoms with van der Waals surface area (Å²) in [6.07, 6.45) is 1.64. The normalized spacial score (nSPS) is 10.1. The molecule has 1 aromatic carbocycles. The van der Waals surface area contributed by atoms with Gasteiger partial charge in [0.2, 0.25) is 0 Å². The fourth-order valence-electron chi connectivity index (χ4n) is 1.20. The summed E-state index contributed by atoms with van der Waals surface area (Å²) in [4.78, 5) is 4.21. The predicted molar refractivity (Wildman–Crippen MR) is 59.1 cm³/mol. The zero-order valence-electron chi connectivity index (χ0n) is 7.44. The second kappa shape index (κ2) is 3.68. The Morgan fingerprint density at radius 2 is 1.71 bits per heavy atom. The van der Waals surface area contributed by atoms with Gasteiger partial charge in [0.05, 0.1) is 17.6 Å². The van der Waals surface area contributed by atoms with Crippen LogP contribution < -0.4 is 5.73 Å². The van der Waals surface area contributed by atoms with E-state index in [2.05, 4.69) is 4.98 Å². The molecule has 14 heavy (non-hydrogen) atoms. The molecule has 0 saturated carbocycles. The van der Waals surface area contributed by atoms with Gasteiger partial charge in [0, 0.05) is 10.6 Å². The maximum Gasteiger partial charge on any atom is 0.0703 e. The van der Waals surface area contributed by atoms with Crippen molar-refractivity contribution < 1.29 is 0 Å². The lowest BCUT2D eigenvalue weighted by atomic mass is 10.1. The molecule has 2 N–H and O–H groups in total. The highest BCUT2D eigenvalue weighted by Gasteiger charge is 1.97. The number of halogens is 1. The van der Waals surface area contributed by atoms with E-state index in [0.717, 1.165) is 16.3 Å². The summed E-state index contributed by atoms with van der Waals surface area (Å²) in [5.74, 6) is 0. The first-order valence-electron chi connectivity index (χ1n) is 4.23. The van der Waals surface area contributed by atoms with E-state index in [1.165, 1.54) is 0 Å². The molecular weight excluding hydrogens is 196 g/mol.